The summed E-state index contributed by atoms with van der Waals surface area (Å²) in [5, 5.41) is 14.6. The molecule has 2 aromatic rings. The first kappa shape index (κ1) is 18.8. The summed E-state index contributed by atoms with van der Waals surface area (Å²) < 4.78 is 5.65. The van der Waals surface area contributed by atoms with Crippen LogP contribution in [0.4, 0.5) is 11.4 Å². The van der Waals surface area contributed by atoms with E-state index >= 15 is 0 Å². The van der Waals surface area contributed by atoms with Gasteiger partial charge in [-0.25, -0.2) is 0 Å². The highest BCUT2D eigenvalue weighted by Crippen LogP contribution is 2.27. The maximum absolute atomic E-state index is 12.8. The molecule has 0 aliphatic carbocycles. The quantitative estimate of drug-likeness (QED) is 0.644. The molecule has 3 rings (SSSR count). The fourth-order valence-electron chi connectivity index (χ4n) is 3.28. The lowest BCUT2D eigenvalue weighted by molar-refractivity contribution is -0.384. The van der Waals surface area contributed by atoms with E-state index in [1.54, 1.807) is 17.0 Å². The minimum atomic E-state index is -0.464. The van der Waals surface area contributed by atoms with Crippen molar-refractivity contribution in [1.29, 1.82) is 0 Å². The summed E-state index contributed by atoms with van der Waals surface area (Å²) in [5.74, 6) is -0.213. The highest BCUT2D eigenvalue weighted by molar-refractivity contribution is 5.95. The Kier molecular flexibility index (Phi) is 5.71. The summed E-state index contributed by atoms with van der Waals surface area (Å²) in [5.41, 5.74) is 1.62. The molecule has 2 atom stereocenters. The predicted molar refractivity (Wildman–Crippen MR) is 103 cm³/mol. The third-order valence-electron chi connectivity index (χ3n) is 4.47. The van der Waals surface area contributed by atoms with Gasteiger partial charge in [0.15, 0.2) is 0 Å². The van der Waals surface area contributed by atoms with Gasteiger partial charge in [0.05, 0.1) is 17.1 Å². The maximum Gasteiger partial charge on any atom is 0.293 e. The van der Waals surface area contributed by atoms with Gasteiger partial charge in [-0.05, 0) is 31.5 Å². The smallest absolute Gasteiger partial charge is 0.293 e. The molecule has 2 aromatic carbocycles. The van der Waals surface area contributed by atoms with Crippen molar-refractivity contribution in [1.82, 2.24) is 4.90 Å². The molecule has 7 nitrogen and oxygen atoms in total. The number of benzene rings is 2. The molecule has 0 saturated carbocycles. The fraction of sp³-hybridized carbons (Fsp3) is 0.350. The lowest BCUT2D eigenvalue weighted by Crippen LogP contribution is -2.48. The molecule has 1 aliphatic rings. The molecular formula is C20H23N3O4. The highest BCUT2D eigenvalue weighted by Gasteiger charge is 2.28. The van der Waals surface area contributed by atoms with Gasteiger partial charge in [0.2, 0.25) is 0 Å². The molecule has 1 amide bonds. The Morgan fingerprint density at radius 3 is 2.48 bits per heavy atom. The number of nitrogens with one attached hydrogen (secondary N) is 1. The molecule has 0 bridgehead atoms. The molecule has 0 spiro atoms. The van der Waals surface area contributed by atoms with Crippen LogP contribution in [0.25, 0.3) is 0 Å². The Hall–Kier alpha value is -2.93. The summed E-state index contributed by atoms with van der Waals surface area (Å²) >= 11 is 0. The van der Waals surface area contributed by atoms with Gasteiger partial charge in [0, 0.05) is 31.3 Å². The van der Waals surface area contributed by atoms with Gasteiger partial charge in [-0.3, -0.25) is 14.9 Å². The van der Waals surface area contributed by atoms with Crippen LogP contribution in [0.2, 0.25) is 0 Å². The van der Waals surface area contributed by atoms with Gasteiger partial charge in [0.1, 0.15) is 5.69 Å². The van der Waals surface area contributed by atoms with Gasteiger partial charge in [0.25, 0.3) is 11.6 Å². The fourth-order valence-corrected chi connectivity index (χ4v) is 3.28. The Bertz CT molecular complexity index is 815. The predicted octanol–water partition coefficient (Wildman–Crippen LogP) is 3.46. The summed E-state index contributed by atoms with van der Waals surface area (Å²) in [6, 6.07) is 14.2. The first-order valence-corrected chi connectivity index (χ1v) is 8.95. The standard InChI is InChI=1S/C20H23N3O4/c1-14-12-22(13-15(2)27-14)20(24)17-8-9-18(19(10-17)23(25)26)21-11-16-6-4-3-5-7-16/h3-10,14-15,21H,11-13H2,1-2H3/t14-,15+. The van der Waals surface area contributed by atoms with Crippen LogP contribution in [-0.4, -0.2) is 41.0 Å². The van der Waals surface area contributed by atoms with Crippen LogP contribution in [0.1, 0.15) is 29.8 Å². The third kappa shape index (κ3) is 4.62. The number of carbonyl (C=O) groups excluding carboxylic acids is 1. The van der Waals surface area contributed by atoms with E-state index in [0.717, 1.165) is 5.56 Å². The second kappa shape index (κ2) is 8.18. The Labute approximate surface area is 158 Å². The molecule has 1 aliphatic heterocycles. The van der Waals surface area contributed by atoms with Crippen LogP contribution in [0.15, 0.2) is 48.5 Å². The zero-order valence-corrected chi connectivity index (χ0v) is 15.4. The molecule has 0 aromatic heterocycles. The van der Waals surface area contributed by atoms with E-state index in [2.05, 4.69) is 5.32 Å². The molecular weight excluding hydrogens is 346 g/mol. The molecule has 1 saturated heterocycles. The lowest BCUT2D eigenvalue weighted by atomic mass is 10.1. The number of rotatable bonds is 5. The first-order valence-electron chi connectivity index (χ1n) is 8.95. The molecule has 0 radical (unpaired) electrons. The first-order chi connectivity index (χ1) is 12.9. The molecule has 1 N–H and O–H groups in total. The van der Waals surface area contributed by atoms with Crippen LogP contribution >= 0.6 is 0 Å². The number of hydrogen-bond acceptors (Lipinski definition) is 5. The Morgan fingerprint density at radius 1 is 1.19 bits per heavy atom. The van der Waals surface area contributed by atoms with Crippen LogP contribution in [0.5, 0.6) is 0 Å². The Morgan fingerprint density at radius 2 is 1.85 bits per heavy atom. The van der Waals surface area contributed by atoms with Crippen molar-refractivity contribution in [2.75, 3.05) is 18.4 Å². The maximum atomic E-state index is 12.8. The van der Waals surface area contributed by atoms with Crippen molar-refractivity contribution in [3.8, 4) is 0 Å². The zero-order valence-electron chi connectivity index (χ0n) is 15.4. The third-order valence-corrected chi connectivity index (χ3v) is 4.47. The molecule has 27 heavy (non-hydrogen) atoms. The van der Waals surface area contributed by atoms with E-state index < -0.39 is 4.92 Å². The summed E-state index contributed by atoms with van der Waals surface area (Å²) in [4.78, 5) is 25.5. The van der Waals surface area contributed by atoms with Crippen molar-refractivity contribution in [2.45, 2.75) is 32.6 Å². The molecule has 0 unspecified atom stereocenters. The molecule has 1 heterocycles. The van der Waals surface area contributed by atoms with Gasteiger partial charge in [-0.15, -0.1) is 0 Å². The van der Waals surface area contributed by atoms with Crippen LogP contribution < -0.4 is 5.32 Å². The number of nitrogens with zero attached hydrogens (tertiary/aromatic N) is 2. The van der Waals surface area contributed by atoms with Gasteiger partial charge in [-0.1, -0.05) is 30.3 Å². The number of hydrogen-bond donors (Lipinski definition) is 1. The normalized spacial score (nSPS) is 19.6. The van der Waals surface area contributed by atoms with Crippen LogP contribution in [0.3, 0.4) is 0 Å². The van der Waals surface area contributed by atoms with E-state index in [1.807, 2.05) is 44.2 Å². The van der Waals surface area contributed by atoms with Gasteiger partial charge >= 0.3 is 0 Å². The number of ether oxygens (including phenoxy) is 1. The lowest BCUT2D eigenvalue weighted by Gasteiger charge is -2.35. The van der Waals surface area contributed by atoms with Crippen LogP contribution in [0, 0.1) is 10.1 Å². The average molecular weight is 369 g/mol. The summed E-state index contributed by atoms with van der Waals surface area (Å²) in [6.07, 6.45) is -0.112. The summed E-state index contributed by atoms with van der Waals surface area (Å²) in [7, 11) is 0. The number of nitro benzene ring substituents is 1. The number of nitro groups is 1. The molecule has 7 heteroatoms. The summed E-state index contributed by atoms with van der Waals surface area (Å²) in [6.45, 7) is 5.24. The topological polar surface area (TPSA) is 84.7 Å². The number of carbonyl (C=O) groups is 1. The number of morpholine rings is 1. The number of anilines is 1. The van der Waals surface area contributed by atoms with E-state index in [1.165, 1.54) is 6.07 Å². The molecule has 142 valence electrons. The van der Waals surface area contributed by atoms with Crippen molar-refractivity contribution in [2.24, 2.45) is 0 Å². The molecule has 1 fully saturated rings. The largest absolute Gasteiger partial charge is 0.375 e. The van der Waals surface area contributed by atoms with Crippen LogP contribution in [-0.2, 0) is 11.3 Å². The second-order valence-electron chi connectivity index (χ2n) is 6.80. The Balaban J connectivity index is 1.78. The van der Waals surface area contributed by atoms with Gasteiger partial charge in [-0.2, -0.15) is 0 Å². The minimum absolute atomic E-state index is 0.0560. The monoisotopic (exact) mass is 369 g/mol. The van der Waals surface area contributed by atoms with Gasteiger partial charge < -0.3 is 15.0 Å². The van der Waals surface area contributed by atoms with Crippen molar-refractivity contribution >= 4 is 17.3 Å². The van der Waals surface area contributed by atoms with E-state index in [0.29, 0.717) is 30.9 Å². The minimum Gasteiger partial charge on any atom is -0.375 e. The van der Waals surface area contributed by atoms with E-state index in [-0.39, 0.29) is 23.8 Å². The average Bonchev–Trinajstić information content (AvgIpc) is 2.65. The zero-order chi connectivity index (χ0) is 19.4. The highest BCUT2D eigenvalue weighted by atomic mass is 16.6. The van der Waals surface area contributed by atoms with Crippen molar-refractivity contribution in [3.63, 3.8) is 0 Å². The SMILES string of the molecule is C[C@@H]1CN(C(=O)c2ccc(NCc3ccccc3)c([N+](=O)[O-])c2)C[C@H](C)O1. The van der Waals surface area contributed by atoms with E-state index in [4.69, 9.17) is 4.74 Å². The van der Waals surface area contributed by atoms with E-state index in [9.17, 15) is 14.9 Å². The number of amides is 1. The van der Waals surface area contributed by atoms with Crippen molar-refractivity contribution < 1.29 is 14.5 Å². The van der Waals surface area contributed by atoms with Crippen molar-refractivity contribution in [3.05, 3.63) is 69.8 Å². The second-order valence-corrected chi connectivity index (χ2v) is 6.80.